The monoisotopic (exact) mass is 325 g/mol. The third kappa shape index (κ3) is 4.26. The van der Waals surface area contributed by atoms with Crippen LogP contribution in [0.25, 0.3) is 0 Å². The van der Waals surface area contributed by atoms with Crippen LogP contribution in [-0.4, -0.2) is 18.5 Å². The molecule has 7 heteroatoms. The molecule has 0 saturated heterocycles. The summed E-state index contributed by atoms with van der Waals surface area (Å²) >= 11 is 5.68. The average molecular weight is 326 g/mol. The zero-order valence-corrected chi connectivity index (χ0v) is 11.9. The average Bonchev–Trinajstić information content (AvgIpc) is 2.48. The molecule has 0 aliphatic rings. The number of carbonyl (C=O) groups excluding carboxylic acids is 2. The normalized spacial score (nSPS) is 10.1. The fraction of sp³-hybridized carbons (Fsp3) is 0.0667. The van der Waals surface area contributed by atoms with Crippen LogP contribution in [0.15, 0.2) is 42.5 Å². The maximum atomic E-state index is 13.3. The highest BCUT2D eigenvalue weighted by atomic mass is 35.5. The van der Waals surface area contributed by atoms with Gasteiger partial charge in [0.1, 0.15) is 11.6 Å². The van der Waals surface area contributed by atoms with Gasteiger partial charge in [-0.05, 0) is 36.4 Å². The highest BCUT2D eigenvalue weighted by Crippen LogP contribution is 2.15. The number of amides is 1. The van der Waals surface area contributed by atoms with Crippen LogP contribution in [-0.2, 0) is 9.53 Å². The molecule has 0 aliphatic carbocycles. The standard InChI is InChI=1S/C15H10ClF2NO3/c16-10-3-1-9(2-4-10)15(21)22-8-14(20)19-13-6-5-11(17)7-12(13)18/h1-7H,8H2,(H,19,20). The van der Waals surface area contributed by atoms with Crippen LogP contribution in [0.1, 0.15) is 10.4 Å². The second kappa shape index (κ2) is 7.00. The summed E-state index contributed by atoms with van der Waals surface area (Å²) in [5.41, 5.74) is 0.0269. The molecule has 2 aromatic carbocycles. The Labute approximate surface area is 129 Å². The molecule has 4 nitrogen and oxygen atoms in total. The van der Waals surface area contributed by atoms with Crippen molar-refractivity contribution >= 4 is 29.2 Å². The molecule has 0 unspecified atom stereocenters. The molecule has 0 aromatic heterocycles. The van der Waals surface area contributed by atoms with Crippen LogP contribution >= 0.6 is 11.6 Å². The number of rotatable bonds is 4. The van der Waals surface area contributed by atoms with Gasteiger partial charge in [0.25, 0.3) is 5.91 Å². The smallest absolute Gasteiger partial charge is 0.338 e. The Hall–Kier alpha value is -2.47. The highest BCUT2D eigenvalue weighted by Gasteiger charge is 2.12. The second-order valence-electron chi connectivity index (χ2n) is 4.26. The van der Waals surface area contributed by atoms with E-state index in [-0.39, 0.29) is 11.3 Å². The van der Waals surface area contributed by atoms with E-state index in [1.807, 2.05) is 0 Å². The van der Waals surface area contributed by atoms with Crippen molar-refractivity contribution in [2.45, 2.75) is 0 Å². The molecule has 1 N–H and O–H groups in total. The summed E-state index contributed by atoms with van der Waals surface area (Å²) in [6.45, 7) is -0.599. The lowest BCUT2D eigenvalue weighted by Gasteiger charge is -2.07. The lowest BCUT2D eigenvalue weighted by atomic mass is 10.2. The summed E-state index contributed by atoms with van der Waals surface area (Å²) in [6.07, 6.45) is 0. The molecular weight excluding hydrogens is 316 g/mol. The Morgan fingerprint density at radius 1 is 1.09 bits per heavy atom. The van der Waals surface area contributed by atoms with Crippen LogP contribution in [0.2, 0.25) is 5.02 Å². The van der Waals surface area contributed by atoms with E-state index in [0.29, 0.717) is 11.1 Å². The minimum atomic E-state index is -0.919. The minimum absolute atomic E-state index is 0.200. The summed E-state index contributed by atoms with van der Waals surface area (Å²) in [7, 11) is 0. The summed E-state index contributed by atoms with van der Waals surface area (Å²) < 4.78 is 30.8. The van der Waals surface area contributed by atoms with E-state index in [2.05, 4.69) is 5.32 Å². The van der Waals surface area contributed by atoms with Crippen molar-refractivity contribution in [1.82, 2.24) is 0 Å². The Bertz CT molecular complexity index is 704. The fourth-order valence-electron chi connectivity index (χ4n) is 1.58. The fourth-order valence-corrected chi connectivity index (χ4v) is 1.70. The molecule has 22 heavy (non-hydrogen) atoms. The summed E-state index contributed by atoms with van der Waals surface area (Å²) in [5, 5.41) is 2.63. The van der Waals surface area contributed by atoms with Crippen LogP contribution in [0.4, 0.5) is 14.5 Å². The predicted molar refractivity (Wildman–Crippen MR) is 76.7 cm³/mol. The van der Waals surface area contributed by atoms with Crippen molar-refractivity contribution < 1.29 is 23.1 Å². The Balaban J connectivity index is 1.89. The van der Waals surface area contributed by atoms with Crippen molar-refractivity contribution in [3.63, 3.8) is 0 Å². The van der Waals surface area contributed by atoms with Gasteiger partial charge >= 0.3 is 5.97 Å². The molecule has 2 aromatic rings. The van der Waals surface area contributed by atoms with Crippen LogP contribution < -0.4 is 5.32 Å². The number of halogens is 3. The predicted octanol–water partition coefficient (Wildman–Crippen LogP) is 3.41. The Kier molecular flexibility index (Phi) is 5.06. The van der Waals surface area contributed by atoms with E-state index < -0.39 is 30.1 Å². The maximum absolute atomic E-state index is 13.3. The summed E-state index contributed by atoms with van der Waals surface area (Å²) in [4.78, 5) is 23.2. The first-order chi connectivity index (χ1) is 10.5. The van der Waals surface area contributed by atoms with Gasteiger partial charge in [-0.15, -0.1) is 0 Å². The molecule has 0 spiro atoms. The Morgan fingerprint density at radius 2 is 1.77 bits per heavy atom. The third-order valence-electron chi connectivity index (χ3n) is 2.62. The van der Waals surface area contributed by atoms with Crippen LogP contribution in [0.3, 0.4) is 0 Å². The maximum Gasteiger partial charge on any atom is 0.338 e. The molecule has 2 rings (SSSR count). The lowest BCUT2D eigenvalue weighted by Crippen LogP contribution is -2.21. The topological polar surface area (TPSA) is 55.4 Å². The van der Waals surface area contributed by atoms with Gasteiger partial charge in [-0.2, -0.15) is 0 Å². The van der Waals surface area contributed by atoms with E-state index in [0.717, 1.165) is 12.1 Å². The van der Waals surface area contributed by atoms with Crippen molar-refractivity contribution in [1.29, 1.82) is 0 Å². The number of carbonyl (C=O) groups is 2. The van der Waals surface area contributed by atoms with Crippen molar-refractivity contribution in [3.8, 4) is 0 Å². The number of esters is 1. The van der Waals surface area contributed by atoms with E-state index in [1.165, 1.54) is 24.3 Å². The summed E-state index contributed by atoms with van der Waals surface area (Å²) in [5.74, 6) is -3.14. The highest BCUT2D eigenvalue weighted by molar-refractivity contribution is 6.30. The van der Waals surface area contributed by atoms with Crippen molar-refractivity contribution in [2.24, 2.45) is 0 Å². The summed E-state index contributed by atoms with van der Waals surface area (Å²) in [6, 6.07) is 8.61. The number of nitrogens with one attached hydrogen (secondary N) is 1. The van der Waals surface area contributed by atoms with Gasteiger partial charge in [0, 0.05) is 11.1 Å². The molecule has 0 bridgehead atoms. The third-order valence-corrected chi connectivity index (χ3v) is 2.87. The molecule has 0 atom stereocenters. The van der Waals surface area contributed by atoms with Gasteiger partial charge in [-0.1, -0.05) is 11.6 Å². The van der Waals surface area contributed by atoms with Gasteiger partial charge in [0.15, 0.2) is 6.61 Å². The Morgan fingerprint density at radius 3 is 2.41 bits per heavy atom. The van der Waals surface area contributed by atoms with Gasteiger partial charge in [0.05, 0.1) is 11.3 Å². The zero-order valence-electron chi connectivity index (χ0n) is 11.1. The molecule has 1 amide bonds. The number of hydrogen-bond acceptors (Lipinski definition) is 3. The molecule has 0 heterocycles. The minimum Gasteiger partial charge on any atom is -0.452 e. The first-order valence-electron chi connectivity index (χ1n) is 6.13. The van der Waals surface area contributed by atoms with E-state index in [4.69, 9.17) is 16.3 Å². The molecular formula is C15H10ClF2NO3. The molecule has 0 fully saturated rings. The van der Waals surface area contributed by atoms with Gasteiger partial charge in [-0.25, -0.2) is 13.6 Å². The van der Waals surface area contributed by atoms with E-state index in [9.17, 15) is 18.4 Å². The van der Waals surface area contributed by atoms with Crippen molar-refractivity contribution in [2.75, 3.05) is 11.9 Å². The number of ether oxygens (including phenoxy) is 1. The van der Waals surface area contributed by atoms with E-state index in [1.54, 1.807) is 0 Å². The molecule has 114 valence electrons. The van der Waals surface area contributed by atoms with E-state index >= 15 is 0 Å². The van der Waals surface area contributed by atoms with Crippen LogP contribution in [0, 0.1) is 11.6 Å². The van der Waals surface area contributed by atoms with Gasteiger partial charge in [0.2, 0.25) is 0 Å². The quantitative estimate of drug-likeness (QED) is 0.876. The SMILES string of the molecule is O=C(COC(=O)c1ccc(Cl)cc1)Nc1ccc(F)cc1F. The number of hydrogen-bond donors (Lipinski definition) is 1. The zero-order chi connectivity index (χ0) is 16.1. The van der Waals surface area contributed by atoms with Crippen LogP contribution in [0.5, 0.6) is 0 Å². The number of benzene rings is 2. The first kappa shape index (κ1) is 15.9. The van der Waals surface area contributed by atoms with Crippen molar-refractivity contribution in [3.05, 3.63) is 64.7 Å². The molecule has 0 saturated carbocycles. The molecule has 0 aliphatic heterocycles. The first-order valence-corrected chi connectivity index (χ1v) is 6.51. The van der Waals surface area contributed by atoms with Gasteiger partial charge < -0.3 is 10.1 Å². The van der Waals surface area contributed by atoms with Gasteiger partial charge in [-0.3, -0.25) is 4.79 Å². The largest absolute Gasteiger partial charge is 0.452 e. The molecule has 0 radical (unpaired) electrons. The number of anilines is 1. The second-order valence-corrected chi connectivity index (χ2v) is 4.69. The lowest BCUT2D eigenvalue weighted by molar-refractivity contribution is -0.119.